The first kappa shape index (κ1) is 22.0. The number of amides is 2. The molecule has 2 aliphatic rings. The fourth-order valence-electron chi connectivity index (χ4n) is 4.40. The number of pyridine rings is 1. The summed E-state index contributed by atoms with van der Waals surface area (Å²) in [5, 5.41) is 6.07. The third kappa shape index (κ3) is 4.96. The molecule has 0 spiro atoms. The van der Waals surface area contributed by atoms with Crippen molar-refractivity contribution < 1.29 is 9.59 Å². The predicted molar refractivity (Wildman–Crippen MR) is 124 cm³/mol. The Kier molecular flexibility index (Phi) is 6.80. The van der Waals surface area contributed by atoms with Gasteiger partial charge in [0.25, 0.3) is 5.91 Å². The SMILES string of the molecule is CN(C(=O)C1=NN(c2ccccc2)C(C(N)=O)C1)C1CCN(CCc2ccccn2)CC1. The zero-order valence-corrected chi connectivity index (χ0v) is 18.4. The van der Waals surface area contributed by atoms with Gasteiger partial charge in [-0.1, -0.05) is 24.3 Å². The Balaban J connectivity index is 1.34. The van der Waals surface area contributed by atoms with E-state index in [1.54, 1.807) is 9.91 Å². The van der Waals surface area contributed by atoms with Crippen molar-refractivity contribution in [1.82, 2.24) is 14.8 Å². The molecule has 168 valence electrons. The molecule has 8 heteroatoms. The Hall–Kier alpha value is -3.26. The normalized spacial score (nSPS) is 19.6. The molecule has 1 aromatic carbocycles. The van der Waals surface area contributed by atoms with Crippen molar-refractivity contribution in [2.24, 2.45) is 10.8 Å². The van der Waals surface area contributed by atoms with Crippen LogP contribution < -0.4 is 10.7 Å². The van der Waals surface area contributed by atoms with Gasteiger partial charge in [-0.15, -0.1) is 0 Å². The van der Waals surface area contributed by atoms with E-state index >= 15 is 0 Å². The first-order valence-corrected chi connectivity index (χ1v) is 11.1. The average molecular weight is 435 g/mol. The van der Waals surface area contributed by atoms with E-state index in [-0.39, 0.29) is 18.4 Å². The van der Waals surface area contributed by atoms with E-state index in [0.717, 1.165) is 50.3 Å². The minimum absolute atomic E-state index is 0.124. The minimum Gasteiger partial charge on any atom is -0.368 e. The van der Waals surface area contributed by atoms with Crippen LogP contribution in [0.15, 0.2) is 59.8 Å². The molecule has 1 unspecified atom stereocenters. The topological polar surface area (TPSA) is 95.1 Å². The number of anilines is 1. The highest BCUT2D eigenvalue weighted by Crippen LogP contribution is 2.26. The molecule has 0 aliphatic carbocycles. The second kappa shape index (κ2) is 9.91. The number of hydrazone groups is 1. The second-order valence-corrected chi connectivity index (χ2v) is 8.41. The van der Waals surface area contributed by atoms with Gasteiger partial charge in [-0.25, -0.2) is 0 Å². The Morgan fingerprint density at radius 2 is 1.81 bits per heavy atom. The van der Waals surface area contributed by atoms with Crippen molar-refractivity contribution in [3.8, 4) is 0 Å². The number of piperidine rings is 1. The van der Waals surface area contributed by atoms with Crippen molar-refractivity contribution in [2.75, 3.05) is 31.7 Å². The van der Waals surface area contributed by atoms with Gasteiger partial charge in [0.15, 0.2) is 0 Å². The molecule has 1 aromatic heterocycles. The lowest BCUT2D eigenvalue weighted by atomic mass is 10.0. The number of para-hydroxylation sites is 1. The number of aromatic nitrogens is 1. The number of carbonyl (C=O) groups excluding carboxylic acids is 2. The Bertz CT molecular complexity index is 957. The average Bonchev–Trinajstić information content (AvgIpc) is 3.29. The number of carbonyl (C=O) groups is 2. The zero-order valence-electron chi connectivity index (χ0n) is 18.4. The molecule has 4 rings (SSSR count). The summed E-state index contributed by atoms with van der Waals surface area (Å²) in [7, 11) is 1.84. The number of benzene rings is 1. The largest absolute Gasteiger partial charge is 0.368 e. The van der Waals surface area contributed by atoms with Crippen LogP contribution in [0.2, 0.25) is 0 Å². The van der Waals surface area contributed by atoms with Gasteiger partial charge >= 0.3 is 0 Å². The molecule has 2 aliphatic heterocycles. The van der Waals surface area contributed by atoms with E-state index < -0.39 is 11.9 Å². The summed E-state index contributed by atoms with van der Waals surface area (Å²) in [5.74, 6) is -0.606. The van der Waals surface area contributed by atoms with Crippen LogP contribution in [-0.2, 0) is 16.0 Å². The molecular formula is C24H30N6O2. The van der Waals surface area contributed by atoms with Crippen LogP contribution in [0, 0.1) is 0 Å². The molecule has 0 radical (unpaired) electrons. The third-order valence-electron chi connectivity index (χ3n) is 6.34. The summed E-state index contributed by atoms with van der Waals surface area (Å²) in [6.07, 6.45) is 4.82. The zero-order chi connectivity index (χ0) is 22.5. The Morgan fingerprint density at radius 1 is 1.09 bits per heavy atom. The van der Waals surface area contributed by atoms with Gasteiger partial charge in [-0.2, -0.15) is 5.10 Å². The standard InChI is InChI=1S/C24H30N6O2/c1-28(19-11-15-29(16-12-19)14-10-18-7-5-6-13-26-18)24(32)21-17-22(23(25)31)30(27-21)20-8-3-2-4-9-20/h2-9,13,19,22H,10-12,14-17H2,1H3,(H2,25,31). The molecule has 8 nitrogen and oxygen atoms in total. The summed E-state index contributed by atoms with van der Waals surface area (Å²) >= 11 is 0. The number of hydrogen-bond acceptors (Lipinski definition) is 6. The quantitative estimate of drug-likeness (QED) is 0.715. The van der Waals surface area contributed by atoms with E-state index in [9.17, 15) is 9.59 Å². The molecule has 0 saturated carbocycles. The van der Waals surface area contributed by atoms with Gasteiger partial charge in [0.2, 0.25) is 5.91 Å². The highest BCUT2D eigenvalue weighted by atomic mass is 16.2. The van der Waals surface area contributed by atoms with Crippen LogP contribution in [0.1, 0.15) is 25.0 Å². The molecule has 3 heterocycles. The summed E-state index contributed by atoms with van der Waals surface area (Å²) in [4.78, 5) is 33.8. The number of nitrogens with zero attached hydrogens (tertiary/aromatic N) is 5. The van der Waals surface area contributed by atoms with Crippen LogP contribution in [0.3, 0.4) is 0 Å². The minimum atomic E-state index is -0.641. The van der Waals surface area contributed by atoms with Crippen LogP contribution in [0.4, 0.5) is 5.69 Å². The monoisotopic (exact) mass is 434 g/mol. The van der Waals surface area contributed by atoms with Gasteiger partial charge in [0.05, 0.1) is 5.69 Å². The molecule has 2 amide bonds. The van der Waals surface area contributed by atoms with Gasteiger partial charge in [0, 0.05) is 57.5 Å². The first-order chi connectivity index (χ1) is 15.5. The fourth-order valence-corrected chi connectivity index (χ4v) is 4.40. The van der Waals surface area contributed by atoms with Crippen molar-refractivity contribution in [2.45, 2.75) is 37.8 Å². The smallest absolute Gasteiger partial charge is 0.270 e. The molecule has 2 aromatic rings. The highest BCUT2D eigenvalue weighted by molar-refractivity contribution is 6.40. The lowest BCUT2D eigenvalue weighted by molar-refractivity contribution is -0.125. The van der Waals surface area contributed by atoms with Crippen molar-refractivity contribution >= 4 is 23.2 Å². The van der Waals surface area contributed by atoms with Gasteiger partial charge in [-0.3, -0.25) is 19.6 Å². The maximum absolute atomic E-state index is 13.2. The molecule has 1 fully saturated rings. The fraction of sp³-hybridized carbons (Fsp3) is 0.417. The molecule has 32 heavy (non-hydrogen) atoms. The number of primary amides is 1. The van der Waals surface area contributed by atoms with E-state index in [0.29, 0.717) is 5.71 Å². The van der Waals surface area contributed by atoms with E-state index in [2.05, 4.69) is 21.1 Å². The Morgan fingerprint density at radius 3 is 2.47 bits per heavy atom. The van der Waals surface area contributed by atoms with E-state index in [1.807, 2.05) is 55.7 Å². The predicted octanol–water partition coefficient (Wildman–Crippen LogP) is 1.67. The van der Waals surface area contributed by atoms with Crippen LogP contribution in [0.25, 0.3) is 0 Å². The lowest BCUT2D eigenvalue weighted by Crippen LogP contribution is -2.48. The number of rotatable bonds is 7. The van der Waals surface area contributed by atoms with E-state index in [1.165, 1.54) is 0 Å². The molecule has 1 atom stereocenters. The number of nitrogens with two attached hydrogens (primary N) is 1. The maximum atomic E-state index is 13.2. The van der Waals surface area contributed by atoms with Crippen molar-refractivity contribution in [3.05, 3.63) is 60.4 Å². The highest BCUT2D eigenvalue weighted by Gasteiger charge is 2.37. The maximum Gasteiger partial charge on any atom is 0.270 e. The Labute approximate surface area is 188 Å². The van der Waals surface area contributed by atoms with Crippen LogP contribution >= 0.6 is 0 Å². The van der Waals surface area contributed by atoms with Gasteiger partial charge in [-0.05, 0) is 37.1 Å². The first-order valence-electron chi connectivity index (χ1n) is 11.1. The van der Waals surface area contributed by atoms with Crippen LogP contribution in [-0.4, -0.2) is 71.1 Å². The lowest BCUT2D eigenvalue weighted by Gasteiger charge is -2.36. The number of hydrogen-bond donors (Lipinski definition) is 1. The number of likely N-dealkylation sites (tertiary alicyclic amines) is 1. The van der Waals surface area contributed by atoms with Gasteiger partial charge < -0.3 is 15.5 Å². The molecule has 2 N–H and O–H groups in total. The third-order valence-corrected chi connectivity index (χ3v) is 6.34. The molecule has 0 bridgehead atoms. The summed E-state index contributed by atoms with van der Waals surface area (Å²) in [6, 6.07) is 14.9. The van der Waals surface area contributed by atoms with Crippen molar-refractivity contribution in [1.29, 1.82) is 0 Å². The molecular weight excluding hydrogens is 404 g/mol. The summed E-state index contributed by atoms with van der Waals surface area (Å²) in [6.45, 7) is 2.86. The van der Waals surface area contributed by atoms with Gasteiger partial charge in [0.1, 0.15) is 11.8 Å². The van der Waals surface area contributed by atoms with E-state index in [4.69, 9.17) is 5.73 Å². The summed E-state index contributed by atoms with van der Waals surface area (Å²) < 4.78 is 0. The summed E-state index contributed by atoms with van der Waals surface area (Å²) in [5.41, 5.74) is 7.85. The van der Waals surface area contributed by atoms with Crippen LogP contribution in [0.5, 0.6) is 0 Å². The van der Waals surface area contributed by atoms with Crippen molar-refractivity contribution in [3.63, 3.8) is 0 Å². The molecule has 1 saturated heterocycles. The second-order valence-electron chi connectivity index (χ2n) is 8.41.